The fourth-order valence-electron chi connectivity index (χ4n) is 1.44. The first-order valence-electron chi connectivity index (χ1n) is 5.11. The van der Waals surface area contributed by atoms with E-state index < -0.39 is 11.6 Å². The van der Waals surface area contributed by atoms with E-state index in [9.17, 15) is 8.78 Å². The Morgan fingerprint density at radius 2 is 1.87 bits per heavy atom. The highest BCUT2D eigenvalue weighted by Crippen LogP contribution is 2.14. The van der Waals surface area contributed by atoms with Crippen LogP contribution >= 0.6 is 0 Å². The summed E-state index contributed by atoms with van der Waals surface area (Å²) in [5.74, 6) is -1.57. The second kappa shape index (κ2) is 4.71. The molecule has 0 aliphatic carbocycles. The van der Waals surface area contributed by atoms with Gasteiger partial charge in [-0.15, -0.1) is 0 Å². The van der Waals surface area contributed by atoms with E-state index in [0.717, 1.165) is 30.9 Å². The van der Waals surface area contributed by atoms with Crippen LogP contribution in [0.25, 0.3) is 0 Å². The molecule has 0 spiro atoms. The summed E-state index contributed by atoms with van der Waals surface area (Å²) in [4.78, 5) is 0. The molecule has 0 aliphatic heterocycles. The van der Waals surface area contributed by atoms with Gasteiger partial charge in [-0.05, 0) is 50.8 Å². The van der Waals surface area contributed by atoms with E-state index in [1.54, 1.807) is 6.07 Å². The Morgan fingerprint density at radius 1 is 1.20 bits per heavy atom. The van der Waals surface area contributed by atoms with Gasteiger partial charge >= 0.3 is 0 Å². The number of hydrogen-bond acceptors (Lipinski definition) is 1. The molecule has 84 valence electrons. The van der Waals surface area contributed by atoms with Crippen LogP contribution in [0.3, 0.4) is 0 Å². The fourth-order valence-corrected chi connectivity index (χ4v) is 1.44. The zero-order valence-corrected chi connectivity index (χ0v) is 9.19. The summed E-state index contributed by atoms with van der Waals surface area (Å²) in [7, 11) is 0. The molecule has 0 atom stereocenters. The van der Waals surface area contributed by atoms with Crippen LogP contribution in [0.1, 0.15) is 32.3 Å². The quantitative estimate of drug-likeness (QED) is 0.817. The van der Waals surface area contributed by atoms with Crippen molar-refractivity contribution in [2.24, 2.45) is 5.73 Å². The van der Waals surface area contributed by atoms with Crippen LogP contribution in [-0.4, -0.2) is 5.54 Å². The lowest BCUT2D eigenvalue weighted by molar-refractivity contribution is 0.458. The third kappa shape index (κ3) is 4.38. The Hall–Kier alpha value is -0.960. The topological polar surface area (TPSA) is 26.0 Å². The summed E-state index contributed by atoms with van der Waals surface area (Å²) in [6.45, 7) is 3.91. The molecule has 0 fully saturated rings. The van der Waals surface area contributed by atoms with Crippen LogP contribution in [-0.2, 0) is 6.42 Å². The summed E-state index contributed by atoms with van der Waals surface area (Å²) in [5, 5.41) is 0. The average Bonchev–Trinajstić information content (AvgIpc) is 2.09. The molecule has 0 saturated carbocycles. The van der Waals surface area contributed by atoms with Crippen LogP contribution in [0.5, 0.6) is 0 Å². The number of nitrogens with two attached hydrogens (primary N) is 1. The third-order valence-corrected chi connectivity index (χ3v) is 2.27. The van der Waals surface area contributed by atoms with Crippen molar-refractivity contribution in [1.29, 1.82) is 0 Å². The van der Waals surface area contributed by atoms with Crippen molar-refractivity contribution in [3.8, 4) is 0 Å². The van der Waals surface area contributed by atoms with Crippen LogP contribution in [0.4, 0.5) is 8.78 Å². The molecule has 0 saturated heterocycles. The summed E-state index contributed by atoms with van der Waals surface area (Å²) in [6.07, 6.45) is 2.48. The molecule has 0 radical (unpaired) electrons. The average molecular weight is 213 g/mol. The molecular weight excluding hydrogens is 196 g/mol. The minimum absolute atomic E-state index is 0.196. The van der Waals surface area contributed by atoms with E-state index in [4.69, 9.17) is 5.73 Å². The lowest BCUT2D eigenvalue weighted by atomic mass is 9.97. The first-order valence-corrected chi connectivity index (χ1v) is 5.11. The minimum atomic E-state index is -0.794. The molecule has 0 amide bonds. The molecule has 15 heavy (non-hydrogen) atoms. The van der Waals surface area contributed by atoms with Crippen molar-refractivity contribution in [3.63, 3.8) is 0 Å². The molecule has 1 aromatic carbocycles. The Bertz CT molecular complexity index is 329. The van der Waals surface area contributed by atoms with E-state index >= 15 is 0 Å². The Balaban J connectivity index is 2.48. The van der Waals surface area contributed by atoms with Crippen molar-refractivity contribution < 1.29 is 8.78 Å². The van der Waals surface area contributed by atoms with Crippen molar-refractivity contribution >= 4 is 0 Å². The molecular formula is C12H17F2N. The second-order valence-corrected chi connectivity index (χ2v) is 4.59. The van der Waals surface area contributed by atoms with E-state index in [1.165, 1.54) is 6.07 Å². The van der Waals surface area contributed by atoms with Gasteiger partial charge in [0, 0.05) is 5.54 Å². The standard InChI is InChI=1S/C12H17F2N/c1-12(2,15)7-3-4-9-5-6-10(13)11(14)8-9/h5-6,8H,3-4,7,15H2,1-2H3. The Morgan fingerprint density at radius 3 is 2.40 bits per heavy atom. The lowest BCUT2D eigenvalue weighted by Gasteiger charge is -2.17. The maximum atomic E-state index is 12.8. The maximum absolute atomic E-state index is 12.8. The Kier molecular flexibility index (Phi) is 3.80. The SMILES string of the molecule is CC(C)(N)CCCc1ccc(F)c(F)c1. The predicted octanol–water partition coefficient (Wildman–Crippen LogP) is 3.02. The molecule has 1 aromatic rings. The van der Waals surface area contributed by atoms with Crippen molar-refractivity contribution in [1.82, 2.24) is 0 Å². The zero-order chi connectivity index (χ0) is 11.5. The van der Waals surface area contributed by atoms with E-state index in [2.05, 4.69) is 0 Å². The van der Waals surface area contributed by atoms with Gasteiger partial charge in [0.15, 0.2) is 11.6 Å². The minimum Gasteiger partial charge on any atom is -0.326 e. The van der Waals surface area contributed by atoms with Gasteiger partial charge in [-0.1, -0.05) is 6.07 Å². The van der Waals surface area contributed by atoms with Gasteiger partial charge in [0.1, 0.15) is 0 Å². The number of halogens is 2. The van der Waals surface area contributed by atoms with Crippen molar-refractivity contribution in [3.05, 3.63) is 35.4 Å². The number of rotatable bonds is 4. The molecule has 0 unspecified atom stereocenters. The van der Waals surface area contributed by atoms with Gasteiger partial charge in [0.05, 0.1) is 0 Å². The lowest BCUT2D eigenvalue weighted by Crippen LogP contribution is -2.31. The predicted molar refractivity (Wildman–Crippen MR) is 57.6 cm³/mol. The molecule has 3 heteroatoms. The van der Waals surface area contributed by atoms with Gasteiger partial charge in [0.2, 0.25) is 0 Å². The van der Waals surface area contributed by atoms with Gasteiger partial charge < -0.3 is 5.73 Å². The summed E-state index contributed by atoms with van der Waals surface area (Å²) >= 11 is 0. The number of aryl methyl sites for hydroxylation is 1. The van der Waals surface area contributed by atoms with Crippen LogP contribution < -0.4 is 5.73 Å². The van der Waals surface area contributed by atoms with Crippen molar-refractivity contribution in [2.75, 3.05) is 0 Å². The van der Waals surface area contributed by atoms with E-state index in [-0.39, 0.29) is 5.54 Å². The molecule has 0 aliphatic rings. The molecule has 1 rings (SSSR count). The van der Waals surface area contributed by atoms with Gasteiger partial charge in [0.25, 0.3) is 0 Å². The van der Waals surface area contributed by atoms with Crippen molar-refractivity contribution in [2.45, 2.75) is 38.6 Å². The van der Waals surface area contributed by atoms with Gasteiger partial charge in [-0.3, -0.25) is 0 Å². The normalized spacial score (nSPS) is 11.8. The molecule has 0 bridgehead atoms. The largest absolute Gasteiger partial charge is 0.326 e. The summed E-state index contributed by atoms with van der Waals surface area (Å²) < 4.78 is 25.5. The first kappa shape index (κ1) is 12.1. The number of benzene rings is 1. The molecule has 2 N–H and O–H groups in total. The highest BCUT2D eigenvalue weighted by atomic mass is 19.2. The monoisotopic (exact) mass is 213 g/mol. The summed E-state index contributed by atoms with van der Waals surface area (Å²) in [6, 6.07) is 4.03. The van der Waals surface area contributed by atoms with Gasteiger partial charge in [-0.2, -0.15) is 0 Å². The first-order chi connectivity index (χ1) is 6.88. The van der Waals surface area contributed by atoms with Crippen LogP contribution in [0.2, 0.25) is 0 Å². The molecule has 1 nitrogen and oxygen atoms in total. The summed E-state index contributed by atoms with van der Waals surface area (Å²) in [5.41, 5.74) is 6.44. The number of hydrogen-bond donors (Lipinski definition) is 1. The third-order valence-electron chi connectivity index (χ3n) is 2.27. The molecule has 0 heterocycles. The maximum Gasteiger partial charge on any atom is 0.159 e. The molecule has 0 aromatic heterocycles. The fraction of sp³-hybridized carbons (Fsp3) is 0.500. The van der Waals surface area contributed by atoms with E-state index in [1.807, 2.05) is 13.8 Å². The highest BCUT2D eigenvalue weighted by Gasteiger charge is 2.10. The zero-order valence-electron chi connectivity index (χ0n) is 9.19. The smallest absolute Gasteiger partial charge is 0.159 e. The van der Waals surface area contributed by atoms with Crippen LogP contribution in [0.15, 0.2) is 18.2 Å². The van der Waals surface area contributed by atoms with Gasteiger partial charge in [-0.25, -0.2) is 8.78 Å². The van der Waals surface area contributed by atoms with Crippen LogP contribution in [0, 0.1) is 11.6 Å². The van der Waals surface area contributed by atoms with E-state index in [0.29, 0.717) is 0 Å². The second-order valence-electron chi connectivity index (χ2n) is 4.59. The highest BCUT2D eigenvalue weighted by molar-refractivity contribution is 5.17. The Labute approximate surface area is 89.3 Å².